The van der Waals surface area contributed by atoms with Crippen molar-refractivity contribution in [1.29, 1.82) is 0 Å². The summed E-state index contributed by atoms with van der Waals surface area (Å²) < 4.78 is 5.31. The first-order valence-corrected chi connectivity index (χ1v) is 5.86. The Balaban J connectivity index is 0.00000162. The molecule has 1 fully saturated rings. The highest BCUT2D eigenvalue weighted by Gasteiger charge is 2.14. The van der Waals surface area contributed by atoms with Crippen molar-refractivity contribution in [2.75, 3.05) is 26.3 Å². The predicted octanol–water partition coefficient (Wildman–Crippen LogP) is 2.31. The lowest BCUT2D eigenvalue weighted by Crippen LogP contribution is -2.36. The lowest BCUT2D eigenvalue weighted by molar-refractivity contribution is 0.0341. The summed E-state index contributed by atoms with van der Waals surface area (Å²) in [6.45, 7) is 7.75. The van der Waals surface area contributed by atoms with Gasteiger partial charge in [0.05, 0.1) is 13.2 Å². The molecule has 0 N–H and O–H groups in total. The molecule has 3 nitrogen and oxygen atoms in total. The molecule has 1 heterocycles. The third-order valence-corrected chi connectivity index (χ3v) is 2.97. The molecule has 1 aromatic carbocycles. The van der Waals surface area contributed by atoms with Gasteiger partial charge in [-0.3, -0.25) is 9.69 Å². The Morgan fingerprint density at radius 3 is 2.67 bits per heavy atom. The molecule has 1 aliphatic heterocycles. The molecule has 0 amide bonds. The van der Waals surface area contributed by atoms with Crippen LogP contribution < -0.4 is 0 Å². The summed E-state index contributed by atoms with van der Waals surface area (Å²) in [6, 6.07) is 7.72. The second kappa shape index (κ2) is 7.31. The van der Waals surface area contributed by atoms with Crippen LogP contribution in [0.15, 0.2) is 36.9 Å². The number of rotatable bonds is 4. The van der Waals surface area contributed by atoms with Gasteiger partial charge in [0.1, 0.15) is 0 Å². The van der Waals surface area contributed by atoms with E-state index in [4.69, 9.17) is 4.74 Å². The quantitative estimate of drug-likeness (QED) is 0.619. The molecule has 0 unspecified atom stereocenters. The van der Waals surface area contributed by atoms with Crippen molar-refractivity contribution in [1.82, 2.24) is 4.90 Å². The van der Waals surface area contributed by atoms with Gasteiger partial charge in [0, 0.05) is 25.2 Å². The van der Waals surface area contributed by atoms with Gasteiger partial charge in [0.25, 0.3) is 0 Å². The zero-order valence-corrected chi connectivity index (χ0v) is 11.1. The van der Waals surface area contributed by atoms with Gasteiger partial charge in [0.2, 0.25) is 0 Å². The highest BCUT2D eigenvalue weighted by molar-refractivity contribution is 6.05. The van der Waals surface area contributed by atoms with Gasteiger partial charge >= 0.3 is 0 Å². The number of carbonyl (C=O) groups excluding carboxylic acids is 1. The van der Waals surface area contributed by atoms with E-state index in [1.807, 2.05) is 24.3 Å². The van der Waals surface area contributed by atoms with Crippen molar-refractivity contribution < 1.29 is 9.53 Å². The normalized spacial score (nSPS) is 15.8. The van der Waals surface area contributed by atoms with Crippen LogP contribution in [-0.4, -0.2) is 37.0 Å². The first-order valence-electron chi connectivity index (χ1n) is 5.86. The Bertz CT molecular complexity index is 414. The first kappa shape index (κ1) is 14.9. The van der Waals surface area contributed by atoms with E-state index in [9.17, 15) is 4.79 Å². The summed E-state index contributed by atoms with van der Waals surface area (Å²) in [5.41, 5.74) is 1.83. The zero-order valence-electron chi connectivity index (χ0n) is 10.3. The van der Waals surface area contributed by atoms with Crippen LogP contribution in [0.25, 0.3) is 0 Å². The van der Waals surface area contributed by atoms with Gasteiger partial charge < -0.3 is 4.74 Å². The van der Waals surface area contributed by atoms with Crippen LogP contribution in [0, 0.1) is 0 Å². The third-order valence-electron chi connectivity index (χ3n) is 2.97. The molecule has 1 aliphatic rings. The standard InChI is InChI=1S/C14H17NO2.ClH/c1-2-14(16)13-6-4-3-5-12(13)11-15-7-9-17-10-8-15;/h2-6H,1,7-11H2;1H. The number of nitrogens with zero attached hydrogens (tertiary/aromatic N) is 1. The molecule has 4 heteroatoms. The Hall–Kier alpha value is -1.16. The summed E-state index contributed by atoms with van der Waals surface area (Å²) in [5.74, 6) is -0.00569. The maximum atomic E-state index is 11.7. The Labute approximate surface area is 114 Å². The molecule has 0 spiro atoms. The van der Waals surface area contributed by atoms with Gasteiger partial charge in [-0.25, -0.2) is 0 Å². The highest BCUT2D eigenvalue weighted by atomic mass is 35.5. The van der Waals surface area contributed by atoms with Crippen LogP contribution in [0.5, 0.6) is 0 Å². The fourth-order valence-electron chi connectivity index (χ4n) is 2.01. The lowest BCUT2D eigenvalue weighted by atomic mass is 10.0. The minimum absolute atomic E-state index is 0. The topological polar surface area (TPSA) is 29.5 Å². The Morgan fingerprint density at radius 1 is 1.33 bits per heavy atom. The van der Waals surface area contributed by atoms with Crippen LogP contribution in [0.1, 0.15) is 15.9 Å². The molecular formula is C14H18ClNO2. The molecule has 18 heavy (non-hydrogen) atoms. The van der Waals surface area contributed by atoms with E-state index in [0.717, 1.165) is 44.0 Å². The van der Waals surface area contributed by atoms with E-state index in [1.165, 1.54) is 6.08 Å². The average molecular weight is 268 g/mol. The minimum Gasteiger partial charge on any atom is -0.379 e. The van der Waals surface area contributed by atoms with Crippen LogP contribution in [0.2, 0.25) is 0 Å². The largest absolute Gasteiger partial charge is 0.379 e. The van der Waals surface area contributed by atoms with E-state index >= 15 is 0 Å². The van der Waals surface area contributed by atoms with E-state index in [2.05, 4.69) is 11.5 Å². The number of halogens is 1. The van der Waals surface area contributed by atoms with Gasteiger partial charge in [-0.2, -0.15) is 0 Å². The molecular weight excluding hydrogens is 250 g/mol. The number of carbonyl (C=O) groups is 1. The molecule has 0 aliphatic carbocycles. The number of hydrogen-bond donors (Lipinski definition) is 0. The molecule has 1 saturated heterocycles. The van der Waals surface area contributed by atoms with E-state index < -0.39 is 0 Å². The molecule has 1 aromatic rings. The molecule has 98 valence electrons. The van der Waals surface area contributed by atoms with Crippen molar-refractivity contribution in [2.24, 2.45) is 0 Å². The van der Waals surface area contributed by atoms with Gasteiger partial charge in [-0.1, -0.05) is 30.8 Å². The first-order chi connectivity index (χ1) is 8.31. The summed E-state index contributed by atoms with van der Waals surface area (Å²) in [7, 11) is 0. The fourth-order valence-corrected chi connectivity index (χ4v) is 2.01. The third kappa shape index (κ3) is 3.67. The zero-order chi connectivity index (χ0) is 12.1. The number of benzene rings is 1. The van der Waals surface area contributed by atoms with E-state index in [0.29, 0.717) is 0 Å². The molecule has 0 bridgehead atoms. The predicted molar refractivity (Wildman–Crippen MR) is 74.3 cm³/mol. The van der Waals surface area contributed by atoms with Crippen molar-refractivity contribution in [3.05, 3.63) is 48.0 Å². The maximum absolute atomic E-state index is 11.7. The summed E-state index contributed by atoms with van der Waals surface area (Å²) in [6.07, 6.45) is 1.37. The SMILES string of the molecule is C=CC(=O)c1ccccc1CN1CCOCC1.Cl. The monoisotopic (exact) mass is 267 g/mol. The molecule has 2 rings (SSSR count). The van der Waals surface area contributed by atoms with Crippen LogP contribution >= 0.6 is 12.4 Å². The molecule has 0 saturated carbocycles. The molecule has 0 aromatic heterocycles. The Kier molecular flexibility index (Phi) is 6.05. The van der Waals surface area contributed by atoms with Crippen LogP contribution in [0.3, 0.4) is 0 Å². The highest BCUT2D eigenvalue weighted by Crippen LogP contribution is 2.13. The number of ketones is 1. The number of allylic oxidation sites excluding steroid dienone is 1. The van der Waals surface area contributed by atoms with Crippen LogP contribution in [-0.2, 0) is 11.3 Å². The van der Waals surface area contributed by atoms with Crippen LogP contribution in [0.4, 0.5) is 0 Å². The van der Waals surface area contributed by atoms with Gasteiger partial charge in [-0.05, 0) is 11.6 Å². The summed E-state index contributed by atoms with van der Waals surface area (Å²) in [5, 5.41) is 0. The Morgan fingerprint density at radius 2 is 2.00 bits per heavy atom. The maximum Gasteiger partial charge on any atom is 0.185 e. The van der Waals surface area contributed by atoms with E-state index in [-0.39, 0.29) is 18.2 Å². The summed E-state index contributed by atoms with van der Waals surface area (Å²) >= 11 is 0. The second-order valence-electron chi connectivity index (χ2n) is 4.11. The van der Waals surface area contributed by atoms with Gasteiger partial charge in [0.15, 0.2) is 5.78 Å². The minimum atomic E-state index is -0.00569. The number of hydrogen-bond acceptors (Lipinski definition) is 3. The van der Waals surface area contributed by atoms with Crippen molar-refractivity contribution in [3.8, 4) is 0 Å². The van der Waals surface area contributed by atoms with Crippen molar-refractivity contribution >= 4 is 18.2 Å². The number of morpholine rings is 1. The van der Waals surface area contributed by atoms with Crippen molar-refractivity contribution in [3.63, 3.8) is 0 Å². The average Bonchev–Trinajstić information content (AvgIpc) is 2.40. The van der Waals surface area contributed by atoms with Crippen molar-refractivity contribution in [2.45, 2.75) is 6.54 Å². The van der Waals surface area contributed by atoms with E-state index in [1.54, 1.807) is 0 Å². The summed E-state index contributed by atoms with van der Waals surface area (Å²) in [4.78, 5) is 14.0. The smallest absolute Gasteiger partial charge is 0.185 e. The fraction of sp³-hybridized carbons (Fsp3) is 0.357. The molecule has 0 atom stereocenters. The lowest BCUT2D eigenvalue weighted by Gasteiger charge is -2.27. The second-order valence-corrected chi connectivity index (χ2v) is 4.11. The molecule has 0 radical (unpaired) electrons. The van der Waals surface area contributed by atoms with Gasteiger partial charge in [-0.15, -0.1) is 12.4 Å². The number of ether oxygens (including phenoxy) is 1.